The van der Waals surface area contributed by atoms with Crippen molar-refractivity contribution in [2.24, 2.45) is 16.5 Å². The van der Waals surface area contributed by atoms with E-state index >= 15 is 0 Å². The molecule has 18 heavy (non-hydrogen) atoms. The zero-order valence-electron chi connectivity index (χ0n) is 10.2. The highest BCUT2D eigenvalue weighted by Crippen LogP contribution is 2.35. The molecule has 1 aromatic rings. The highest BCUT2D eigenvalue weighted by atomic mass is 35.5. The number of aliphatic imine (C=N–C) groups is 1. The van der Waals surface area contributed by atoms with Crippen LogP contribution in [0.5, 0.6) is 0 Å². The molecule has 1 rings (SSSR count). The van der Waals surface area contributed by atoms with Crippen molar-refractivity contribution in [3.63, 3.8) is 0 Å². The molecule has 0 amide bonds. The van der Waals surface area contributed by atoms with E-state index in [1.807, 2.05) is 13.8 Å². The number of halogens is 2. The lowest BCUT2D eigenvalue weighted by atomic mass is 10.2. The van der Waals surface area contributed by atoms with Crippen molar-refractivity contribution < 1.29 is 0 Å². The Hall–Kier alpha value is -1.46. The molecule has 0 fully saturated rings. The first-order valence-corrected chi connectivity index (χ1v) is 6.03. The number of nitrogens with one attached hydrogen (secondary N) is 1. The van der Waals surface area contributed by atoms with Gasteiger partial charge in [0.2, 0.25) is 5.96 Å². The van der Waals surface area contributed by atoms with Crippen LogP contribution in [0.2, 0.25) is 10.0 Å². The number of anilines is 1. The van der Waals surface area contributed by atoms with Crippen LogP contribution < -0.4 is 16.4 Å². The maximum atomic E-state index is 7.82. The summed E-state index contributed by atoms with van der Waals surface area (Å²) in [7, 11) is 0. The highest BCUT2D eigenvalue weighted by molar-refractivity contribution is 6.40. The van der Waals surface area contributed by atoms with Crippen molar-refractivity contribution >= 4 is 40.8 Å². The van der Waals surface area contributed by atoms with Gasteiger partial charge in [-0.2, -0.15) is 4.99 Å². The van der Waals surface area contributed by atoms with Gasteiger partial charge in [-0.3, -0.25) is 5.41 Å². The maximum absolute atomic E-state index is 7.82. The molecule has 0 aromatic heterocycles. The van der Waals surface area contributed by atoms with Crippen LogP contribution in [0.4, 0.5) is 5.69 Å². The third kappa shape index (κ3) is 3.27. The molecule has 0 radical (unpaired) electrons. The molecule has 0 bridgehead atoms. The molecule has 5 N–H and O–H groups in total. The number of nitrogens with two attached hydrogens (primary N) is 2. The minimum Gasteiger partial charge on any atom is -0.370 e. The number of guanidine groups is 2. The van der Waals surface area contributed by atoms with Crippen LogP contribution in [0.3, 0.4) is 0 Å². The van der Waals surface area contributed by atoms with Crippen LogP contribution in [0.15, 0.2) is 17.1 Å². The van der Waals surface area contributed by atoms with Gasteiger partial charge in [-0.15, -0.1) is 0 Å². The third-order valence-electron chi connectivity index (χ3n) is 2.24. The molecular weight excluding hydrogens is 273 g/mol. The first-order chi connectivity index (χ1) is 8.36. The van der Waals surface area contributed by atoms with Gasteiger partial charge in [0.15, 0.2) is 5.96 Å². The van der Waals surface area contributed by atoms with E-state index in [2.05, 4.69) is 4.99 Å². The van der Waals surface area contributed by atoms with Gasteiger partial charge in [0.05, 0.1) is 15.7 Å². The summed E-state index contributed by atoms with van der Waals surface area (Å²) >= 11 is 12.3. The lowest BCUT2D eigenvalue weighted by molar-refractivity contribution is 1.03. The zero-order valence-corrected chi connectivity index (χ0v) is 11.7. The van der Waals surface area contributed by atoms with E-state index < -0.39 is 0 Å². The molecule has 0 aliphatic heterocycles. The quantitative estimate of drug-likeness (QED) is 0.576. The normalized spacial score (nSPS) is 10.0. The molecule has 0 heterocycles. The molecule has 0 unspecified atom stereocenters. The average molecular weight is 288 g/mol. The largest absolute Gasteiger partial charge is 0.370 e. The fraction of sp³-hybridized carbons (Fsp3) is 0.273. The van der Waals surface area contributed by atoms with Gasteiger partial charge in [-0.25, -0.2) is 0 Å². The van der Waals surface area contributed by atoms with Crippen molar-refractivity contribution in [3.05, 3.63) is 27.7 Å². The first kappa shape index (κ1) is 14.6. The predicted molar refractivity (Wildman–Crippen MR) is 77.8 cm³/mol. The fourth-order valence-electron chi connectivity index (χ4n) is 1.55. The summed E-state index contributed by atoms with van der Waals surface area (Å²) in [5.74, 6) is -0.289. The van der Waals surface area contributed by atoms with Crippen LogP contribution in [-0.4, -0.2) is 18.5 Å². The molecule has 0 saturated heterocycles. The molecule has 0 spiro atoms. The minimum absolute atomic E-state index is 0.106. The maximum Gasteiger partial charge on any atom is 0.225 e. The second-order valence-corrected chi connectivity index (χ2v) is 4.50. The molecule has 0 saturated carbocycles. The lowest BCUT2D eigenvalue weighted by Crippen LogP contribution is -2.33. The molecule has 1 aromatic carbocycles. The standard InChI is InChI=1S/C11H15Cl2N5/c1-3-18(11(16)17-10(14)15)9-7(12)4-6(2)5-8(9)13/h4-5H,3H2,1-2H3,(H5,14,15,16,17). The second-order valence-electron chi connectivity index (χ2n) is 3.68. The fourth-order valence-corrected chi connectivity index (χ4v) is 2.35. The van der Waals surface area contributed by atoms with Crippen LogP contribution in [0.25, 0.3) is 0 Å². The Bertz CT molecular complexity index is 471. The Morgan fingerprint density at radius 3 is 2.22 bits per heavy atom. The Balaban J connectivity index is 3.26. The smallest absolute Gasteiger partial charge is 0.225 e. The van der Waals surface area contributed by atoms with Crippen molar-refractivity contribution in [3.8, 4) is 0 Å². The summed E-state index contributed by atoms with van der Waals surface area (Å²) in [5, 5.41) is 8.73. The van der Waals surface area contributed by atoms with Gasteiger partial charge >= 0.3 is 0 Å². The number of benzene rings is 1. The average Bonchev–Trinajstić information content (AvgIpc) is 2.21. The lowest BCUT2D eigenvalue weighted by Gasteiger charge is -2.23. The van der Waals surface area contributed by atoms with Crippen molar-refractivity contribution in [1.82, 2.24) is 0 Å². The van der Waals surface area contributed by atoms with Crippen LogP contribution in [0, 0.1) is 12.3 Å². The van der Waals surface area contributed by atoms with Gasteiger partial charge in [-0.05, 0) is 31.5 Å². The summed E-state index contributed by atoms with van der Waals surface area (Å²) in [5.41, 5.74) is 12.0. The number of hydrogen-bond donors (Lipinski definition) is 3. The number of rotatable bonds is 2. The van der Waals surface area contributed by atoms with Crippen LogP contribution in [0.1, 0.15) is 12.5 Å². The summed E-state index contributed by atoms with van der Waals surface area (Å²) in [6.45, 7) is 4.21. The highest BCUT2D eigenvalue weighted by Gasteiger charge is 2.17. The molecular formula is C11H15Cl2N5. The summed E-state index contributed by atoms with van der Waals surface area (Å²) in [4.78, 5) is 5.23. The third-order valence-corrected chi connectivity index (χ3v) is 2.81. The van der Waals surface area contributed by atoms with Crippen molar-refractivity contribution in [2.45, 2.75) is 13.8 Å². The SMILES string of the molecule is CCN(C(=N)N=C(N)N)c1c(Cl)cc(C)cc1Cl. The predicted octanol–water partition coefficient (Wildman–Crippen LogP) is 2.34. The number of hydrogen-bond acceptors (Lipinski definition) is 1. The van der Waals surface area contributed by atoms with E-state index in [0.29, 0.717) is 22.3 Å². The second kappa shape index (κ2) is 5.93. The Kier molecular flexibility index (Phi) is 4.81. The van der Waals surface area contributed by atoms with Crippen LogP contribution >= 0.6 is 23.2 Å². The summed E-state index contributed by atoms with van der Waals surface area (Å²) in [6, 6.07) is 3.54. The monoisotopic (exact) mass is 287 g/mol. The molecule has 7 heteroatoms. The zero-order chi connectivity index (χ0) is 13.9. The summed E-state index contributed by atoms with van der Waals surface area (Å²) < 4.78 is 0. The first-order valence-electron chi connectivity index (χ1n) is 5.28. The molecule has 0 atom stereocenters. The van der Waals surface area contributed by atoms with E-state index in [-0.39, 0.29) is 11.9 Å². The summed E-state index contributed by atoms with van der Waals surface area (Å²) in [6.07, 6.45) is 0. The van der Waals surface area contributed by atoms with E-state index in [9.17, 15) is 0 Å². The van der Waals surface area contributed by atoms with Gasteiger partial charge in [-0.1, -0.05) is 23.2 Å². The van der Waals surface area contributed by atoms with Gasteiger partial charge in [0, 0.05) is 6.54 Å². The van der Waals surface area contributed by atoms with E-state index in [0.717, 1.165) is 5.56 Å². The Labute approximate surface area is 116 Å². The van der Waals surface area contributed by atoms with E-state index in [1.54, 1.807) is 12.1 Å². The van der Waals surface area contributed by atoms with Gasteiger partial charge in [0.25, 0.3) is 0 Å². The van der Waals surface area contributed by atoms with Gasteiger partial charge < -0.3 is 16.4 Å². The van der Waals surface area contributed by atoms with Crippen molar-refractivity contribution in [1.29, 1.82) is 5.41 Å². The Morgan fingerprint density at radius 1 is 1.33 bits per heavy atom. The number of nitrogens with zero attached hydrogens (tertiary/aromatic N) is 2. The Morgan fingerprint density at radius 2 is 1.83 bits per heavy atom. The van der Waals surface area contributed by atoms with E-state index in [4.69, 9.17) is 40.1 Å². The van der Waals surface area contributed by atoms with Crippen molar-refractivity contribution in [2.75, 3.05) is 11.4 Å². The minimum atomic E-state index is -0.183. The molecule has 5 nitrogen and oxygen atoms in total. The van der Waals surface area contributed by atoms with Crippen LogP contribution in [-0.2, 0) is 0 Å². The van der Waals surface area contributed by atoms with E-state index in [1.165, 1.54) is 4.90 Å². The molecule has 98 valence electrons. The molecule has 0 aliphatic rings. The van der Waals surface area contributed by atoms with Gasteiger partial charge in [0.1, 0.15) is 0 Å². The topological polar surface area (TPSA) is 91.5 Å². The number of aryl methyl sites for hydroxylation is 1. The molecule has 0 aliphatic carbocycles.